The van der Waals surface area contributed by atoms with Crippen LogP contribution in [0.5, 0.6) is 0 Å². The number of methoxy groups -OCH3 is 2. The van der Waals surface area contributed by atoms with Crippen LogP contribution in [0.2, 0.25) is 0 Å². The fourth-order valence-corrected chi connectivity index (χ4v) is 2.41. The van der Waals surface area contributed by atoms with Crippen molar-refractivity contribution in [3.8, 4) is 11.5 Å². The van der Waals surface area contributed by atoms with Crippen LogP contribution in [0.3, 0.4) is 0 Å². The Morgan fingerprint density at radius 3 is 2.75 bits per heavy atom. The SMILES string of the molecule is COCc1nc(-c2ccc(C)cc2Br)oc1C(=O)OC. The third-order valence-corrected chi connectivity index (χ3v) is 3.36. The van der Waals surface area contributed by atoms with Crippen molar-refractivity contribution in [2.75, 3.05) is 14.2 Å². The van der Waals surface area contributed by atoms with Crippen LogP contribution in [-0.4, -0.2) is 25.2 Å². The lowest BCUT2D eigenvalue weighted by molar-refractivity contribution is 0.0559. The van der Waals surface area contributed by atoms with Crippen molar-refractivity contribution in [1.29, 1.82) is 0 Å². The summed E-state index contributed by atoms with van der Waals surface area (Å²) in [5, 5.41) is 0. The Morgan fingerprint density at radius 1 is 1.40 bits per heavy atom. The van der Waals surface area contributed by atoms with Crippen molar-refractivity contribution in [3.63, 3.8) is 0 Å². The quantitative estimate of drug-likeness (QED) is 0.799. The van der Waals surface area contributed by atoms with Gasteiger partial charge in [0.1, 0.15) is 5.69 Å². The Bertz CT molecular complexity index is 636. The number of hydrogen-bond acceptors (Lipinski definition) is 5. The molecule has 0 spiro atoms. The molecule has 0 aliphatic carbocycles. The van der Waals surface area contributed by atoms with Crippen LogP contribution in [0.4, 0.5) is 0 Å². The van der Waals surface area contributed by atoms with Gasteiger partial charge in [0, 0.05) is 11.6 Å². The predicted octanol–water partition coefficient (Wildman–Crippen LogP) is 3.35. The van der Waals surface area contributed by atoms with E-state index >= 15 is 0 Å². The summed E-state index contributed by atoms with van der Waals surface area (Å²) in [5.74, 6) is -0.153. The molecule has 6 heteroatoms. The zero-order valence-electron chi connectivity index (χ0n) is 11.4. The van der Waals surface area contributed by atoms with E-state index in [1.54, 1.807) is 0 Å². The number of aromatic nitrogens is 1. The van der Waals surface area contributed by atoms with E-state index in [9.17, 15) is 4.79 Å². The minimum absolute atomic E-state index is 0.0665. The van der Waals surface area contributed by atoms with Crippen molar-refractivity contribution >= 4 is 21.9 Å². The first kappa shape index (κ1) is 14.7. The summed E-state index contributed by atoms with van der Waals surface area (Å²) in [4.78, 5) is 16.0. The smallest absolute Gasteiger partial charge is 0.376 e. The maximum Gasteiger partial charge on any atom is 0.376 e. The molecule has 5 nitrogen and oxygen atoms in total. The Balaban J connectivity index is 2.49. The standard InChI is InChI=1S/C14H14BrNO4/c1-8-4-5-9(10(15)6-8)13-16-11(7-18-2)12(20-13)14(17)19-3/h4-6H,7H2,1-3H3. The van der Waals surface area contributed by atoms with Crippen LogP contribution in [-0.2, 0) is 16.1 Å². The van der Waals surface area contributed by atoms with Gasteiger partial charge in [0.15, 0.2) is 0 Å². The number of nitrogens with zero attached hydrogens (tertiary/aromatic N) is 1. The van der Waals surface area contributed by atoms with Crippen molar-refractivity contribution in [3.05, 3.63) is 39.7 Å². The van der Waals surface area contributed by atoms with Crippen molar-refractivity contribution in [2.45, 2.75) is 13.5 Å². The number of esters is 1. The second kappa shape index (κ2) is 6.19. The molecule has 20 heavy (non-hydrogen) atoms. The second-order valence-corrected chi connectivity index (χ2v) is 5.06. The molecule has 1 aromatic heterocycles. The number of halogens is 1. The summed E-state index contributed by atoms with van der Waals surface area (Å²) in [6.07, 6.45) is 0. The molecule has 0 N–H and O–H groups in total. The number of benzene rings is 1. The highest BCUT2D eigenvalue weighted by Crippen LogP contribution is 2.30. The molecule has 2 rings (SSSR count). The second-order valence-electron chi connectivity index (χ2n) is 4.20. The molecule has 1 aromatic carbocycles. The first-order chi connectivity index (χ1) is 9.56. The summed E-state index contributed by atoms with van der Waals surface area (Å²) < 4.78 is 16.1. The maximum absolute atomic E-state index is 11.7. The topological polar surface area (TPSA) is 61.6 Å². The normalized spacial score (nSPS) is 10.6. The molecule has 0 atom stereocenters. The predicted molar refractivity (Wildman–Crippen MR) is 76.4 cm³/mol. The van der Waals surface area contributed by atoms with Crippen LogP contribution in [0.15, 0.2) is 27.1 Å². The van der Waals surface area contributed by atoms with Crippen molar-refractivity contribution < 1.29 is 18.7 Å². The zero-order chi connectivity index (χ0) is 14.7. The average Bonchev–Trinajstić information content (AvgIpc) is 2.82. The first-order valence-corrected chi connectivity index (χ1v) is 6.69. The molecule has 0 bridgehead atoms. The fraction of sp³-hybridized carbons (Fsp3) is 0.286. The Kier molecular flexibility index (Phi) is 4.57. The highest BCUT2D eigenvalue weighted by atomic mass is 79.9. The van der Waals surface area contributed by atoms with E-state index < -0.39 is 5.97 Å². The number of rotatable bonds is 4. The Hall–Kier alpha value is -1.66. The minimum Gasteiger partial charge on any atom is -0.463 e. The molecule has 106 valence electrons. The number of oxazole rings is 1. The van der Waals surface area contributed by atoms with Crippen molar-refractivity contribution in [2.24, 2.45) is 0 Å². The molecule has 0 saturated heterocycles. The van der Waals surface area contributed by atoms with Gasteiger partial charge in [-0.15, -0.1) is 0 Å². The molecular formula is C14H14BrNO4. The van der Waals surface area contributed by atoms with E-state index in [4.69, 9.17) is 9.15 Å². The van der Waals surface area contributed by atoms with E-state index in [-0.39, 0.29) is 12.4 Å². The van der Waals surface area contributed by atoms with E-state index in [1.807, 2.05) is 25.1 Å². The van der Waals surface area contributed by atoms with E-state index in [0.29, 0.717) is 11.6 Å². The average molecular weight is 340 g/mol. The molecule has 0 fully saturated rings. The molecule has 1 heterocycles. The van der Waals surface area contributed by atoms with Gasteiger partial charge in [-0.25, -0.2) is 9.78 Å². The largest absolute Gasteiger partial charge is 0.463 e. The van der Waals surface area contributed by atoms with Gasteiger partial charge in [-0.3, -0.25) is 0 Å². The zero-order valence-corrected chi connectivity index (χ0v) is 13.0. The Morgan fingerprint density at radius 2 is 2.15 bits per heavy atom. The molecule has 0 saturated carbocycles. The van der Waals surface area contributed by atoms with Gasteiger partial charge in [-0.05, 0) is 40.5 Å². The maximum atomic E-state index is 11.7. The number of ether oxygens (including phenoxy) is 2. The van der Waals surface area contributed by atoms with E-state index in [1.165, 1.54) is 14.2 Å². The molecule has 0 unspecified atom stereocenters. The minimum atomic E-state index is -0.570. The van der Waals surface area contributed by atoms with Crippen LogP contribution in [0.1, 0.15) is 21.8 Å². The summed E-state index contributed by atoms with van der Waals surface area (Å²) in [5.41, 5.74) is 2.29. The summed E-state index contributed by atoms with van der Waals surface area (Å²) >= 11 is 3.46. The van der Waals surface area contributed by atoms with Gasteiger partial charge < -0.3 is 13.9 Å². The van der Waals surface area contributed by atoms with Gasteiger partial charge in [-0.2, -0.15) is 0 Å². The third kappa shape index (κ3) is 2.91. The molecule has 0 aliphatic rings. The summed E-state index contributed by atoms with van der Waals surface area (Å²) in [6.45, 7) is 2.16. The number of carbonyl (C=O) groups is 1. The third-order valence-electron chi connectivity index (χ3n) is 2.70. The lowest BCUT2D eigenvalue weighted by Gasteiger charge is -2.00. The van der Waals surface area contributed by atoms with Crippen LogP contribution in [0.25, 0.3) is 11.5 Å². The number of hydrogen-bond donors (Lipinski definition) is 0. The highest BCUT2D eigenvalue weighted by Gasteiger charge is 2.22. The number of aryl methyl sites for hydroxylation is 1. The fourth-order valence-electron chi connectivity index (χ4n) is 1.75. The lowest BCUT2D eigenvalue weighted by Crippen LogP contribution is -2.04. The van der Waals surface area contributed by atoms with Gasteiger partial charge in [0.05, 0.1) is 19.3 Å². The molecule has 0 amide bonds. The van der Waals surface area contributed by atoms with Crippen LogP contribution >= 0.6 is 15.9 Å². The first-order valence-electron chi connectivity index (χ1n) is 5.90. The highest BCUT2D eigenvalue weighted by molar-refractivity contribution is 9.10. The van der Waals surface area contributed by atoms with Crippen LogP contribution in [0, 0.1) is 6.92 Å². The lowest BCUT2D eigenvalue weighted by atomic mass is 10.1. The summed E-state index contributed by atoms with van der Waals surface area (Å²) in [7, 11) is 2.82. The Labute approximate surface area is 125 Å². The van der Waals surface area contributed by atoms with Crippen LogP contribution < -0.4 is 0 Å². The van der Waals surface area contributed by atoms with Crippen molar-refractivity contribution in [1.82, 2.24) is 4.98 Å². The summed E-state index contributed by atoms with van der Waals surface area (Å²) in [6, 6.07) is 5.77. The molecular weight excluding hydrogens is 326 g/mol. The van der Waals surface area contributed by atoms with Gasteiger partial charge in [0.25, 0.3) is 0 Å². The molecule has 0 aliphatic heterocycles. The van der Waals surface area contributed by atoms with Gasteiger partial charge in [0.2, 0.25) is 11.7 Å². The van der Waals surface area contributed by atoms with Gasteiger partial charge >= 0.3 is 5.97 Å². The molecule has 0 radical (unpaired) electrons. The molecule has 2 aromatic rings. The monoisotopic (exact) mass is 339 g/mol. The van der Waals surface area contributed by atoms with E-state index in [0.717, 1.165) is 15.6 Å². The van der Waals surface area contributed by atoms with Gasteiger partial charge in [-0.1, -0.05) is 6.07 Å². The number of carbonyl (C=O) groups excluding carboxylic acids is 1. The van der Waals surface area contributed by atoms with E-state index in [2.05, 4.69) is 25.7 Å².